The van der Waals surface area contributed by atoms with Crippen molar-refractivity contribution in [3.05, 3.63) is 59.7 Å². The molecule has 1 saturated heterocycles. The maximum Gasteiger partial charge on any atom is 0.339 e. The number of fused-ring (bicyclic) bond motifs is 1. The van der Waals surface area contributed by atoms with Crippen molar-refractivity contribution in [2.45, 2.75) is 17.4 Å². The molecule has 2 aliphatic rings. The van der Waals surface area contributed by atoms with Crippen LogP contribution >= 0.6 is 0 Å². The van der Waals surface area contributed by atoms with Gasteiger partial charge in [0.2, 0.25) is 15.9 Å². The number of carbonyl (C=O) groups excluding carboxylic acids is 2. The summed E-state index contributed by atoms with van der Waals surface area (Å²) in [7, 11) is -3.58. The normalized spacial score (nSPS) is 19.4. The second-order valence-electron chi connectivity index (χ2n) is 6.77. The number of anilines is 1. The largest absolute Gasteiger partial charge is 0.453 e. The highest BCUT2D eigenvalue weighted by molar-refractivity contribution is 7.89. The fourth-order valence-electron chi connectivity index (χ4n) is 3.40. The molecular weight excluding hydrogens is 396 g/mol. The average molecular weight is 416 g/mol. The summed E-state index contributed by atoms with van der Waals surface area (Å²) in [5.41, 5.74) is 1.64. The van der Waals surface area contributed by atoms with Crippen LogP contribution in [-0.2, 0) is 24.3 Å². The molecular formula is C20H20N2O6S. The van der Waals surface area contributed by atoms with Crippen LogP contribution in [0.1, 0.15) is 28.4 Å². The third-order valence-electron chi connectivity index (χ3n) is 4.89. The Bertz CT molecular complexity index is 1030. The van der Waals surface area contributed by atoms with Crippen LogP contribution in [0.5, 0.6) is 0 Å². The molecule has 0 spiro atoms. The predicted molar refractivity (Wildman–Crippen MR) is 104 cm³/mol. The zero-order chi connectivity index (χ0) is 20.4. The molecule has 0 radical (unpaired) electrons. The van der Waals surface area contributed by atoms with Crippen molar-refractivity contribution in [3.63, 3.8) is 0 Å². The van der Waals surface area contributed by atoms with Crippen molar-refractivity contribution in [1.29, 1.82) is 0 Å². The predicted octanol–water partition coefficient (Wildman–Crippen LogP) is 1.95. The Labute approximate surface area is 168 Å². The number of ether oxygens (including phenoxy) is 2. The minimum atomic E-state index is -3.58. The molecule has 29 heavy (non-hydrogen) atoms. The monoisotopic (exact) mass is 416 g/mol. The lowest BCUT2D eigenvalue weighted by atomic mass is 10.0. The average Bonchev–Trinajstić information content (AvgIpc) is 3.04. The fourth-order valence-corrected chi connectivity index (χ4v) is 4.81. The summed E-state index contributed by atoms with van der Waals surface area (Å²) in [6.45, 7) is 1.40. The Hall–Kier alpha value is -2.75. The quantitative estimate of drug-likeness (QED) is 0.748. The molecule has 2 aromatic rings. The van der Waals surface area contributed by atoms with Gasteiger partial charge < -0.3 is 14.8 Å². The summed E-state index contributed by atoms with van der Waals surface area (Å²) < 4.78 is 37.1. The van der Waals surface area contributed by atoms with Gasteiger partial charge in [-0.25, -0.2) is 13.2 Å². The number of sulfonamides is 1. The first-order chi connectivity index (χ1) is 13.9. The van der Waals surface area contributed by atoms with Gasteiger partial charge in [-0.1, -0.05) is 18.2 Å². The van der Waals surface area contributed by atoms with Gasteiger partial charge in [-0.3, -0.25) is 4.79 Å². The Balaban J connectivity index is 1.40. The zero-order valence-electron chi connectivity index (χ0n) is 15.5. The molecule has 1 amide bonds. The number of amides is 1. The van der Waals surface area contributed by atoms with E-state index in [0.29, 0.717) is 43.1 Å². The first-order valence-electron chi connectivity index (χ1n) is 9.23. The molecule has 1 fully saturated rings. The van der Waals surface area contributed by atoms with Gasteiger partial charge in [0.1, 0.15) is 6.10 Å². The van der Waals surface area contributed by atoms with Crippen LogP contribution in [0.3, 0.4) is 0 Å². The van der Waals surface area contributed by atoms with E-state index in [0.717, 1.165) is 0 Å². The van der Waals surface area contributed by atoms with Gasteiger partial charge in [0.05, 0.1) is 30.1 Å². The Morgan fingerprint density at radius 3 is 2.48 bits per heavy atom. The molecule has 4 rings (SSSR count). The summed E-state index contributed by atoms with van der Waals surface area (Å²) in [6.07, 6.45) is -0.643. The Kier molecular flexibility index (Phi) is 5.35. The van der Waals surface area contributed by atoms with E-state index < -0.39 is 22.1 Å². The number of hydrogen-bond donors (Lipinski definition) is 1. The second-order valence-corrected chi connectivity index (χ2v) is 8.71. The topological polar surface area (TPSA) is 102 Å². The first kappa shape index (κ1) is 19.6. The van der Waals surface area contributed by atoms with Crippen LogP contribution < -0.4 is 5.32 Å². The summed E-state index contributed by atoms with van der Waals surface area (Å²) in [6, 6.07) is 13.0. The molecule has 1 N–H and O–H groups in total. The molecule has 0 bridgehead atoms. The van der Waals surface area contributed by atoms with Gasteiger partial charge in [0.15, 0.2) is 0 Å². The van der Waals surface area contributed by atoms with Crippen molar-refractivity contribution < 1.29 is 27.5 Å². The number of cyclic esters (lactones) is 1. The number of morpholine rings is 1. The maximum absolute atomic E-state index is 12.6. The lowest BCUT2D eigenvalue weighted by Gasteiger charge is -2.26. The van der Waals surface area contributed by atoms with E-state index in [4.69, 9.17) is 9.47 Å². The smallest absolute Gasteiger partial charge is 0.339 e. The van der Waals surface area contributed by atoms with Crippen LogP contribution in [0.2, 0.25) is 0 Å². The SMILES string of the molecule is O=C(C[C@H]1OC(=O)c2ccccc21)Nc1ccc(S(=O)(=O)N2CCOCC2)cc1. The minimum Gasteiger partial charge on any atom is -0.453 e. The maximum atomic E-state index is 12.6. The summed E-state index contributed by atoms with van der Waals surface area (Å²) in [5.74, 6) is -0.764. The van der Waals surface area contributed by atoms with Crippen LogP contribution in [0.25, 0.3) is 0 Å². The molecule has 0 saturated carbocycles. The number of carbonyl (C=O) groups is 2. The standard InChI is InChI=1S/C20H20N2O6S/c23-19(13-18-16-3-1-2-4-17(16)20(24)28-18)21-14-5-7-15(8-6-14)29(25,26)22-9-11-27-12-10-22/h1-8,18H,9-13H2,(H,21,23)/t18-/m1/s1. The lowest BCUT2D eigenvalue weighted by Crippen LogP contribution is -2.40. The molecule has 0 aliphatic carbocycles. The lowest BCUT2D eigenvalue weighted by molar-refractivity contribution is -0.118. The van der Waals surface area contributed by atoms with Crippen LogP contribution in [0.15, 0.2) is 53.4 Å². The molecule has 2 aliphatic heterocycles. The summed E-state index contributed by atoms with van der Waals surface area (Å²) >= 11 is 0. The first-order valence-corrected chi connectivity index (χ1v) is 10.7. The van der Waals surface area contributed by atoms with Crippen molar-refractivity contribution in [1.82, 2.24) is 4.31 Å². The highest BCUT2D eigenvalue weighted by Crippen LogP contribution is 2.33. The van der Waals surface area contributed by atoms with Gasteiger partial charge in [-0.15, -0.1) is 0 Å². The van der Waals surface area contributed by atoms with Gasteiger partial charge in [0, 0.05) is 24.3 Å². The van der Waals surface area contributed by atoms with Gasteiger partial charge >= 0.3 is 5.97 Å². The van der Waals surface area contributed by atoms with E-state index >= 15 is 0 Å². The van der Waals surface area contributed by atoms with Gasteiger partial charge in [-0.2, -0.15) is 4.31 Å². The molecule has 0 aromatic heterocycles. The van der Waals surface area contributed by atoms with E-state index in [1.165, 1.54) is 16.4 Å². The Morgan fingerprint density at radius 2 is 1.76 bits per heavy atom. The van der Waals surface area contributed by atoms with E-state index in [1.807, 2.05) is 0 Å². The van der Waals surface area contributed by atoms with E-state index in [-0.39, 0.29) is 17.2 Å². The summed E-state index contributed by atoms with van der Waals surface area (Å²) in [5, 5.41) is 2.71. The van der Waals surface area contributed by atoms with Crippen molar-refractivity contribution >= 4 is 27.6 Å². The zero-order valence-corrected chi connectivity index (χ0v) is 16.4. The third kappa shape index (κ3) is 4.02. The van der Waals surface area contributed by atoms with Crippen LogP contribution in [0.4, 0.5) is 5.69 Å². The van der Waals surface area contributed by atoms with Crippen molar-refractivity contribution in [2.75, 3.05) is 31.6 Å². The number of hydrogen-bond acceptors (Lipinski definition) is 6. The van der Waals surface area contributed by atoms with E-state index in [9.17, 15) is 18.0 Å². The molecule has 8 nitrogen and oxygen atoms in total. The van der Waals surface area contributed by atoms with Crippen molar-refractivity contribution in [2.24, 2.45) is 0 Å². The third-order valence-corrected chi connectivity index (χ3v) is 6.81. The van der Waals surface area contributed by atoms with E-state index in [2.05, 4.69) is 5.32 Å². The number of benzene rings is 2. The number of nitrogens with zero attached hydrogens (tertiary/aromatic N) is 1. The molecule has 2 aromatic carbocycles. The highest BCUT2D eigenvalue weighted by Gasteiger charge is 2.32. The molecule has 9 heteroatoms. The minimum absolute atomic E-state index is 0.0173. The Morgan fingerprint density at radius 1 is 1.07 bits per heavy atom. The molecule has 1 atom stereocenters. The highest BCUT2D eigenvalue weighted by atomic mass is 32.2. The van der Waals surface area contributed by atoms with Gasteiger partial charge in [-0.05, 0) is 30.3 Å². The number of esters is 1. The van der Waals surface area contributed by atoms with Crippen LogP contribution in [0, 0.1) is 0 Å². The number of rotatable bonds is 5. The second kappa shape index (κ2) is 7.94. The fraction of sp³-hybridized carbons (Fsp3) is 0.300. The molecule has 152 valence electrons. The molecule has 2 heterocycles. The van der Waals surface area contributed by atoms with E-state index in [1.54, 1.807) is 36.4 Å². The molecule has 0 unspecified atom stereocenters. The number of nitrogens with one attached hydrogen (secondary N) is 1. The van der Waals surface area contributed by atoms with Crippen molar-refractivity contribution in [3.8, 4) is 0 Å². The summed E-state index contributed by atoms with van der Waals surface area (Å²) in [4.78, 5) is 24.4. The van der Waals surface area contributed by atoms with Crippen LogP contribution in [-0.4, -0.2) is 50.9 Å². The van der Waals surface area contributed by atoms with Gasteiger partial charge in [0.25, 0.3) is 0 Å².